The molecule has 118 valence electrons. The van der Waals surface area contributed by atoms with Crippen LogP contribution in [0, 0.1) is 0 Å². The largest absolute Gasteiger partial charge is 0.485 e. The van der Waals surface area contributed by atoms with Crippen molar-refractivity contribution in [2.75, 3.05) is 31.6 Å². The summed E-state index contributed by atoms with van der Waals surface area (Å²) in [7, 11) is -2.21. The van der Waals surface area contributed by atoms with Crippen molar-refractivity contribution in [3.05, 3.63) is 24.3 Å². The maximum absolute atomic E-state index is 11.7. The first kappa shape index (κ1) is 17.0. The molecule has 0 saturated heterocycles. The van der Waals surface area contributed by atoms with E-state index in [1.54, 1.807) is 18.2 Å². The minimum absolute atomic E-state index is 0.0952. The second-order valence-electron chi connectivity index (χ2n) is 3.90. The van der Waals surface area contributed by atoms with Crippen molar-refractivity contribution in [2.45, 2.75) is 0 Å². The molecule has 0 fully saturated rings. The predicted octanol–water partition coefficient (Wildman–Crippen LogP) is -0.295. The molecule has 0 radical (unpaired) electrons. The van der Waals surface area contributed by atoms with Crippen molar-refractivity contribution in [3.8, 4) is 5.75 Å². The molecule has 0 spiro atoms. The van der Waals surface area contributed by atoms with Gasteiger partial charge in [-0.1, -0.05) is 11.2 Å². The Balaban J connectivity index is 2.63. The molecule has 0 aliphatic rings. The number of rotatable bonds is 9. The lowest BCUT2D eigenvalue weighted by molar-refractivity contribution is 0.204. The minimum Gasteiger partial charge on any atom is -0.485 e. The molecule has 0 aromatic heterocycles. The number of amidine groups is 1. The van der Waals surface area contributed by atoms with E-state index in [4.69, 9.17) is 20.4 Å². The summed E-state index contributed by atoms with van der Waals surface area (Å²) in [6.07, 6.45) is 0. The fraction of sp³-hybridized carbons (Fsp3) is 0.364. The highest BCUT2D eigenvalue weighted by Gasteiger charge is 2.09. The number of nitrogens with zero attached hydrogens (tertiary/aromatic N) is 1. The van der Waals surface area contributed by atoms with Crippen molar-refractivity contribution in [1.29, 1.82) is 0 Å². The van der Waals surface area contributed by atoms with E-state index in [9.17, 15) is 8.42 Å². The molecule has 0 saturated carbocycles. The second kappa shape index (κ2) is 8.29. The average Bonchev–Trinajstić information content (AvgIpc) is 2.44. The zero-order valence-electron chi connectivity index (χ0n) is 11.4. The number of oxime groups is 1. The third kappa shape index (κ3) is 6.79. The van der Waals surface area contributed by atoms with Gasteiger partial charge in [-0.3, -0.25) is 4.72 Å². The van der Waals surface area contributed by atoms with Gasteiger partial charge in [0.1, 0.15) is 12.4 Å². The molecule has 1 rings (SSSR count). The number of hydrogen-bond donors (Lipinski definition) is 4. The Hall–Kier alpha value is -2.04. The predicted molar refractivity (Wildman–Crippen MR) is 77.8 cm³/mol. The van der Waals surface area contributed by atoms with Gasteiger partial charge < -0.3 is 20.4 Å². The number of ether oxygens (including phenoxy) is 2. The summed E-state index contributed by atoms with van der Waals surface area (Å²) >= 11 is 0. The zero-order valence-corrected chi connectivity index (χ0v) is 12.3. The number of hydrogen-bond acceptors (Lipinski definition) is 6. The Morgan fingerprint density at radius 3 is 2.90 bits per heavy atom. The molecule has 5 N–H and O–H groups in total. The smallest absolute Gasteiger partial charge is 0.299 e. The van der Waals surface area contributed by atoms with Crippen LogP contribution in [0.1, 0.15) is 0 Å². The summed E-state index contributed by atoms with van der Waals surface area (Å²) < 4.78 is 38.0. The van der Waals surface area contributed by atoms with Crippen molar-refractivity contribution in [1.82, 2.24) is 4.72 Å². The van der Waals surface area contributed by atoms with Crippen LogP contribution in [-0.2, 0) is 14.9 Å². The van der Waals surface area contributed by atoms with Crippen LogP contribution in [0.5, 0.6) is 5.75 Å². The van der Waals surface area contributed by atoms with Gasteiger partial charge in [-0.05, 0) is 12.1 Å². The van der Waals surface area contributed by atoms with E-state index in [0.717, 1.165) is 0 Å². The van der Waals surface area contributed by atoms with Gasteiger partial charge in [0.15, 0.2) is 5.84 Å². The van der Waals surface area contributed by atoms with Gasteiger partial charge in [-0.2, -0.15) is 13.1 Å². The Morgan fingerprint density at radius 2 is 2.24 bits per heavy atom. The Kier molecular flexibility index (Phi) is 6.72. The maximum atomic E-state index is 11.7. The van der Waals surface area contributed by atoms with E-state index in [-0.39, 0.29) is 25.6 Å². The molecular formula is C11H18N4O5S. The Labute approximate surface area is 122 Å². The van der Waals surface area contributed by atoms with Gasteiger partial charge in [0.25, 0.3) is 10.2 Å². The SMILES string of the molecule is COCCNS(=O)(=O)Nc1cccc(OC/C(N)=N/O)c1. The molecule has 21 heavy (non-hydrogen) atoms. The second-order valence-corrected chi connectivity index (χ2v) is 5.40. The van der Waals surface area contributed by atoms with Crippen molar-refractivity contribution >= 4 is 21.7 Å². The molecule has 0 aliphatic heterocycles. The first-order chi connectivity index (χ1) is 9.96. The molecule has 1 aromatic carbocycles. The average molecular weight is 318 g/mol. The third-order valence-corrected chi connectivity index (χ3v) is 3.29. The number of benzene rings is 1. The quantitative estimate of drug-likeness (QED) is 0.162. The Bertz CT molecular complexity index is 576. The molecule has 0 bridgehead atoms. The van der Waals surface area contributed by atoms with E-state index in [1.807, 2.05) is 0 Å². The van der Waals surface area contributed by atoms with Crippen molar-refractivity contribution in [2.24, 2.45) is 10.9 Å². The van der Waals surface area contributed by atoms with Crippen LogP contribution < -0.4 is 19.9 Å². The van der Waals surface area contributed by atoms with Gasteiger partial charge in [-0.25, -0.2) is 0 Å². The summed E-state index contributed by atoms with van der Waals surface area (Å²) in [4.78, 5) is 0. The van der Waals surface area contributed by atoms with E-state index >= 15 is 0 Å². The molecule has 0 amide bonds. The lowest BCUT2D eigenvalue weighted by atomic mass is 10.3. The molecule has 0 aliphatic carbocycles. The van der Waals surface area contributed by atoms with E-state index < -0.39 is 10.2 Å². The van der Waals surface area contributed by atoms with Crippen molar-refractivity contribution < 1.29 is 23.1 Å². The van der Waals surface area contributed by atoms with Crippen LogP contribution in [0.3, 0.4) is 0 Å². The van der Waals surface area contributed by atoms with Crippen LogP contribution in [-0.4, -0.2) is 46.3 Å². The summed E-state index contributed by atoms with van der Waals surface area (Å²) in [6, 6.07) is 6.25. The highest BCUT2D eigenvalue weighted by Crippen LogP contribution is 2.17. The molecule has 0 atom stereocenters. The lowest BCUT2D eigenvalue weighted by Gasteiger charge is -2.10. The number of methoxy groups -OCH3 is 1. The molecule has 9 nitrogen and oxygen atoms in total. The first-order valence-electron chi connectivity index (χ1n) is 5.92. The highest BCUT2D eigenvalue weighted by molar-refractivity contribution is 7.90. The van der Waals surface area contributed by atoms with Gasteiger partial charge in [0.05, 0.1) is 12.3 Å². The van der Waals surface area contributed by atoms with Crippen LogP contribution in [0.4, 0.5) is 5.69 Å². The van der Waals surface area contributed by atoms with Crippen LogP contribution in [0.25, 0.3) is 0 Å². The summed E-state index contributed by atoms with van der Waals surface area (Å²) in [5.41, 5.74) is 5.59. The van der Waals surface area contributed by atoms with Crippen molar-refractivity contribution in [3.63, 3.8) is 0 Å². The number of nitrogens with one attached hydrogen (secondary N) is 2. The zero-order chi connectivity index (χ0) is 15.7. The normalized spacial score (nSPS) is 12.1. The molecule has 1 aromatic rings. The van der Waals surface area contributed by atoms with Gasteiger partial charge in [0, 0.05) is 19.7 Å². The van der Waals surface area contributed by atoms with Crippen LogP contribution in [0.15, 0.2) is 29.4 Å². The number of nitrogens with two attached hydrogens (primary N) is 1. The molecule has 0 heterocycles. The fourth-order valence-corrected chi connectivity index (χ4v) is 2.17. The highest BCUT2D eigenvalue weighted by atomic mass is 32.2. The van der Waals surface area contributed by atoms with Gasteiger partial charge >= 0.3 is 0 Å². The standard InChI is InChI=1S/C11H18N4O5S/c1-19-6-5-13-21(17,18)15-9-3-2-4-10(7-9)20-8-11(12)14-16/h2-4,7,13,15-16H,5-6,8H2,1H3,(H2,12,14). The monoisotopic (exact) mass is 318 g/mol. The molecule has 10 heteroatoms. The third-order valence-electron chi connectivity index (χ3n) is 2.20. The van der Waals surface area contributed by atoms with Gasteiger partial charge in [-0.15, -0.1) is 0 Å². The first-order valence-corrected chi connectivity index (χ1v) is 7.41. The Morgan fingerprint density at radius 1 is 1.48 bits per heavy atom. The summed E-state index contributed by atoms with van der Waals surface area (Å²) in [5.74, 6) is 0.279. The van der Waals surface area contributed by atoms with Crippen LogP contribution >= 0.6 is 0 Å². The van der Waals surface area contributed by atoms with E-state index in [2.05, 4.69) is 14.6 Å². The number of anilines is 1. The maximum Gasteiger partial charge on any atom is 0.299 e. The lowest BCUT2D eigenvalue weighted by Crippen LogP contribution is -2.32. The van der Waals surface area contributed by atoms with Crippen LogP contribution in [0.2, 0.25) is 0 Å². The summed E-state index contributed by atoms with van der Waals surface area (Å²) in [6.45, 7) is 0.314. The topological polar surface area (TPSA) is 135 Å². The van der Waals surface area contributed by atoms with E-state index in [1.165, 1.54) is 13.2 Å². The van der Waals surface area contributed by atoms with E-state index in [0.29, 0.717) is 11.4 Å². The molecular weight excluding hydrogens is 300 g/mol. The van der Waals surface area contributed by atoms with Gasteiger partial charge in [0.2, 0.25) is 0 Å². The fourth-order valence-electron chi connectivity index (χ4n) is 1.30. The molecule has 0 unspecified atom stereocenters. The minimum atomic E-state index is -3.68. The summed E-state index contributed by atoms with van der Waals surface area (Å²) in [5, 5.41) is 11.2.